The highest BCUT2D eigenvalue weighted by Gasteiger charge is 2.03. The summed E-state index contributed by atoms with van der Waals surface area (Å²) >= 11 is 0. The first kappa shape index (κ1) is 5.90. The third-order valence-corrected chi connectivity index (χ3v) is 1.39. The van der Waals surface area contributed by atoms with E-state index in [1.54, 1.807) is 0 Å². The van der Waals surface area contributed by atoms with E-state index in [1.165, 1.54) is 17.3 Å². The zero-order chi connectivity index (χ0) is 7.84. The van der Waals surface area contributed by atoms with Crippen LogP contribution in [0, 0.1) is 0 Å². The van der Waals surface area contributed by atoms with Gasteiger partial charge in [-0.1, -0.05) is 0 Å². The molecule has 0 aromatic carbocycles. The SMILES string of the molecule is Nc1ncnc2c1ncn2N. The molecule has 2 aromatic heterocycles. The van der Waals surface area contributed by atoms with Gasteiger partial charge in [0.2, 0.25) is 0 Å². The minimum absolute atomic E-state index is 0.346. The third kappa shape index (κ3) is 0.689. The van der Waals surface area contributed by atoms with Crippen LogP contribution in [-0.4, -0.2) is 19.6 Å². The Hall–Kier alpha value is -1.85. The van der Waals surface area contributed by atoms with Gasteiger partial charge in [0.15, 0.2) is 17.0 Å². The van der Waals surface area contributed by atoms with Gasteiger partial charge in [-0.25, -0.2) is 19.6 Å². The van der Waals surface area contributed by atoms with Gasteiger partial charge in [0.25, 0.3) is 0 Å². The van der Waals surface area contributed by atoms with Crippen molar-refractivity contribution in [2.24, 2.45) is 0 Å². The predicted octanol–water partition coefficient (Wildman–Crippen LogP) is -0.878. The first-order chi connectivity index (χ1) is 5.29. The van der Waals surface area contributed by atoms with Crippen LogP contribution in [0.2, 0.25) is 0 Å². The highest BCUT2D eigenvalue weighted by molar-refractivity contribution is 5.80. The topological polar surface area (TPSA) is 95.6 Å². The number of hydrogen-bond donors (Lipinski definition) is 2. The fourth-order valence-corrected chi connectivity index (χ4v) is 0.870. The number of nitrogens with zero attached hydrogens (tertiary/aromatic N) is 4. The molecule has 0 saturated heterocycles. The summed E-state index contributed by atoms with van der Waals surface area (Å²) in [6, 6.07) is 0. The van der Waals surface area contributed by atoms with Crippen molar-refractivity contribution in [2.45, 2.75) is 0 Å². The first-order valence-electron chi connectivity index (χ1n) is 2.97. The van der Waals surface area contributed by atoms with Crippen LogP contribution in [0.5, 0.6) is 0 Å². The predicted molar refractivity (Wildman–Crippen MR) is 39.9 cm³/mol. The first-order valence-corrected chi connectivity index (χ1v) is 2.97. The molecule has 0 spiro atoms. The Labute approximate surface area is 61.8 Å². The quantitative estimate of drug-likeness (QED) is 0.475. The molecular formula is C5H6N6. The normalized spacial score (nSPS) is 10.5. The van der Waals surface area contributed by atoms with Gasteiger partial charge in [0.05, 0.1) is 0 Å². The summed E-state index contributed by atoms with van der Waals surface area (Å²) in [5.74, 6) is 5.80. The van der Waals surface area contributed by atoms with Gasteiger partial charge in [-0.2, -0.15) is 0 Å². The fraction of sp³-hybridized carbons (Fsp3) is 0. The number of nitrogen functional groups attached to an aromatic ring is 2. The summed E-state index contributed by atoms with van der Waals surface area (Å²) in [5.41, 5.74) is 6.56. The summed E-state index contributed by atoms with van der Waals surface area (Å²) in [5, 5.41) is 0. The fourth-order valence-electron chi connectivity index (χ4n) is 0.870. The Bertz CT molecular complexity index is 391. The molecule has 2 aromatic rings. The maximum Gasteiger partial charge on any atom is 0.183 e. The van der Waals surface area contributed by atoms with Crippen molar-refractivity contribution in [1.82, 2.24) is 19.6 Å². The number of anilines is 1. The van der Waals surface area contributed by atoms with Crippen LogP contribution in [0.15, 0.2) is 12.7 Å². The smallest absolute Gasteiger partial charge is 0.183 e. The molecule has 0 atom stereocenters. The number of nitrogens with two attached hydrogens (primary N) is 2. The lowest BCUT2D eigenvalue weighted by atomic mass is 10.5. The van der Waals surface area contributed by atoms with Gasteiger partial charge in [-0.3, -0.25) is 0 Å². The molecule has 11 heavy (non-hydrogen) atoms. The maximum absolute atomic E-state index is 5.49. The van der Waals surface area contributed by atoms with Crippen LogP contribution in [0.25, 0.3) is 11.2 Å². The van der Waals surface area contributed by atoms with Gasteiger partial charge in [-0.15, -0.1) is 0 Å². The third-order valence-electron chi connectivity index (χ3n) is 1.39. The average Bonchev–Trinajstić information content (AvgIpc) is 2.35. The lowest BCUT2D eigenvalue weighted by molar-refractivity contribution is 1.01. The van der Waals surface area contributed by atoms with Crippen molar-refractivity contribution in [3.63, 3.8) is 0 Å². The Balaban J connectivity index is 2.94. The van der Waals surface area contributed by atoms with Crippen molar-refractivity contribution in [3.8, 4) is 0 Å². The van der Waals surface area contributed by atoms with Crippen LogP contribution >= 0.6 is 0 Å². The molecule has 6 heteroatoms. The zero-order valence-corrected chi connectivity index (χ0v) is 5.60. The molecule has 0 amide bonds. The monoisotopic (exact) mass is 150 g/mol. The van der Waals surface area contributed by atoms with E-state index in [9.17, 15) is 0 Å². The van der Waals surface area contributed by atoms with Gasteiger partial charge >= 0.3 is 0 Å². The van der Waals surface area contributed by atoms with E-state index in [4.69, 9.17) is 11.6 Å². The molecule has 56 valence electrons. The average molecular weight is 150 g/mol. The number of rotatable bonds is 0. The Morgan fingerprint density at radius 3 is 2.82 bits per heavy atom. The summed E-state index contributed by atoms with van der Waals surface area (Å²) < 4.78 is 1.30. The molecule has 4 N–H and O–H groups in total. The number of imidazole rings is 1. The highest BCUT2D eigenvalue weighted by Crippen LogP contribution is 2.10. The van der Waals surface area contributed by atoms with Crippen LogP contribution in [0.1, 0.15) is 0 Å². The van der Waals surface area contributed by atoms with Gasteiger partial charge in [-0.05, 0) is 0 Å². The molecule has 2 heterocycles. The van der Waals surface area contributed by atoms with Crippen LogP contribution < -0.4 is 11.6 Å². The Morgan fingerprint density at radius 1 is 1.27 bits per heavy atom. The van der Waals surface area contributed by atoms with E-state index in [0.29, 0.717) is 17.0 Å². The second-order valence-corrected chi connectivity index (χ2v) is 2.08. The lowest BCUT2D eigenvalue weighted by Crippen LogP contribution is -2.06. The van der Waals surface area contributed by atoms with E-state index in [1.807, 2.05) is 0 Å². The van der Waals surface area contributed by atoms with Crippen molar-refractivity contribution in [2.75, 3.05) is 11.6 Å². The molecule has 0 unspecified atom stereocenters. The zero-order valence-electron chi connectivity index (χ0n) is 5.60. The van der Waals surface area contributed by atoms with Gasteiger partial charge < -0.3 is 11.6 Å². The Kier molecular flexibility index (Phi) is 0.974. The second-order valence-electron chi connectivity index (χ2n) is 2.08. The molecule has 0 aliphatic carbocycles. The molecule has 0 saturated carbocycles. The summed E-state index contributed by atoms with van der Waals surface area (Å²) in [7, 11) is 0. The van der Waals surface area contributed by atoms with Gasteiger partial charge in [0, 0.05) is 0 Å². The number of hydrogen-bond acceptors (Lipinski definition) is 5. The van der Waals surface area contributed by atoms with E-state index < -0.39 is 0 Å². The van der Waals surface area contributed by atoms with Crippen LogP contribution in [-0.2, 0) is 0 Å². The van der Waals surface area contributed by atoms with Crippen LogP contribution in [0.3, 0.4) is 0 Å². The second kappa shape index (κ2) is 1.82. The minimum atomic E-state index is 0.346. The summed E-state index contributed by atoms with van der Waals surface area (Å²) in [4.78, 5) is 11.5. The van der Waals surface area contributed by atoms with E-state index in [-0.39, 0.29) is 0 Å². The van der Waals surface area contributed by atoms with Gasteiger partial charge in [0.1, 0.15) is 12.7 Å². The van der Waals surface area contributed by atoms with E-state index >= 15 is 0 Å². The van der Waals surface area contributed by atoms with E-state index in [0.717, 1.165) is 0 Å². The lowest BCUT2D eigenvalue weighted by Gasteiger charge is -1.92. The molecule has 2 rings (SSSR count). The molecule has 0 aliphatic rings. The Morgan fingerprint density at radius 2 is 2.09 bits per heavy atom. The van der Waals surface area contributed by atoms with E-state index in [2.05, 4.69) is 15.0 Å². The molecular weight excluding hydrogens is 144 g/mol. The highest BCUT2D eigenvalue weighted by atomic mass is 15.3. The standard InChI is InChI=1S/C5H6N6/c6-4-3-5(9-1-8-4)11(7)2-10-3/h1-2H,7H2,(H2,6,8,9). The minimum Gasteiger partial charge on any atom is -0.382 e. The van der Waals surface area contributed by atoms with Crippen molar-refractivity contribution in [1.29, 1.82) is 0 Å². The summed E-state index contributed by atoms with van der Waals surface area (Å²) in [6.45, 7) is 0. The molecule has 0 fully saturated rings. The van der Waals surface area contributed by atoms with Crippen LogP contribution in [0.4, 0.5) is 5.82 Å². The van der Waals surface area contributed by atoms with Crippen molar-refractivity contribution < 1.29 is 0 Å². The summed E-state index contributed by atoms with van der Waals surface area (Å²) in [6.07, 6.45) is 2.79. The molecule has 0 radical (unpaired) electrons. The largest absolute Gasteiger partial charge is 0.382 e. The maximum atomic E-state index is 5.49. The van der Waals surface area contributed by atoms with Crippen molar-refractivity contribution in [3.05, 3.63) is 12.7 Å². The number of aromatic nitrogens is 4. The number of fused-ring (bicyclic) bond motifs is 1. The van der Waals surface area contributed by atoms with Crippen molar-refractivity contribution >= 4 is 17.0 Å². The molecule has 0 bridgehead atoms. The molecule has 0 aliphatic heterocycles. The molecule has 6 nitrogen and oxygen atoms in total.